The van der Waals surface area contributed by atoms with Crippen molar-refractivity contribution in [3.63, 3.8) is 0 Å². The molecule has 1 aliphatic heterocycles. The molecular weight excluding hydrogens is 242 g/mol. The number of piperidine rings is 1. The van der Waals surface area contributed by atoms with Gasteiger partial charge < -0.3 is 9.64 Å². The Balaban J connectivity index is 2.00. The highest BCUT2D eigenvalue weighted by atomic mass is 16.5. The smallest absolute Gasteiger partial charge is 0.310 e. The van der Waals surface area contributed by atoms with Gasteiger partial charge in [0.25, 0.3) is 0 Å². The zero-order valence-corrected chi connectivity index (χ0v) is 12.1. The first-order chi connectivity index (χ1) is 9.07. The number of carbonyl (C=O) groups is 2. The standard InChI is InChI=1S/C15H25NO3/c1-15(8-4-3-5-9-15)14(18)16-10-6-7-12(11-16)13(17)19-2/h12H,3-11H2,1-2H3/t12-/m0/s1. The van der Waals surface area contributed by atoms with Gasteiger partial charge in [-0.05, 0) is 25.7 Å². The van der Waals surface area contributed by atoms with Crippen molar-refractivity contribution in [2.45, 2.75) is 51.9 Å². The molecule has 108 valence electrons. The average Bonchev–Trinajstić information content (AvgIpc) is 2.46. The number of amides is 1. The Morgan fingerprint density at radius 1 is 1.16 bits per heavy atom. The minimum Gasteiger partial charge on any atom is -0.469 e. The molecule has 0 unspecified atom stereocenters. The van der Waals surface area contributed by atoms with E-state index in [0.717, 1.165) is 45.1 Å². The summed E-state index contributed by atoms with van der Waals surface area (Å²) >= 11 is 0. The second-order valence-corrected chi connectivity index (χ2v) is 6.23. The molecule has 2 aliphatic rings. The highest BCUT2D eigenvalue weighted by molar-refractivity contribution is 5.83. The van der Waals surface area contributed by atoms with Gasteiger partial charge in [-0.1, -0.05) is 26.2 Å². The van der Waals surface area contributed by atoms with E-state index in [9.17, 15) is 9.59 Å². The van der Waals surface area contributed by atoms with E-state index in [2.05, 4.69) is 6.92 Å². The zero-order valence-electron chi connectivity index (χ0n) is 12.1. The van der Waals surface area contributed by atoms with E-state index in [1.165, 1.54) is 13.5 Å². The van der Waals surface area contributed by atoms with Crippen molar-refractivity contribution in [1.29, 1.82) is 0 Å². The molecule has 0 spiro atoms. The molecule has 1 aliphatic carbocycles. The molecule has 1 saturated carbocycles. The first kappa shape index (κ1) is 14.4. The van der Waals surface area contributed by atoms with Gasteiger partial charge in [-0.25, -0.2) is 0 Å². The van der Waals surface area contributed by atoms with Crippen molar-refractivity contribution in [1.82, 2.24) is 4.90 Å². The number of nitrogens with zero attached hydrogens (tertiary/aromatic N) is 1. The highest BCUT2D eigenvalue weighted by Crippen LogP contribution is 2.38. The summed E-state index contributed by atoms with van der Waals surface area (Å²) < 4.78 is 4.81. The fourth-order valence-corrected chi connectivity index (χ4v) is 3.45. The predicted octanol–water partition coefficient (Wildman–Crippen LogP) is 2.37. The van der Waals surface area contributed by atoms with Crippen LogP contribution in [0.4, 0.5) is 0 Å². The molecule has 1 amide bonds. The van der Waals surface area contributed by atoms with Gasteiger partial charge in [-0.2, -0.15) is 0 Å². The lowest BCUT2D eigenvalue weighted by atomic mass is 9.74. The summed E-state index contributed by atoms with van der Waals surface area (Å²) in [6.07, 6.45) is 7.27. The monoisotopic (exact) mass is 267 g/mol. The van der Waals surface area contributed by atoms with Crippen LogP contribution in [0.25, 0.3) is 0 Å². The maximum absolute atomic E-state index is 12.7. The molecule has 1 atom stereocenters. The molecule has 0 aromatic carbocycles. The van der Waals surface area contributed by atoms with Crippen molar-refractivity contribution in [2.75, 3.05) is 20.2 Å². The van der Waals surface area contributed by atoms with Crippen LogP contribution in [0.3, 0.4) is 0 Å². The van der Waals surface area contributed by atoms with Crippen LogP contribution in [-0.4, -0.2) is 37.0 Å². The van der Waals surface area contributed by atoms with Gasteiger partial charge in [0.05, 0.1) is 13.0 Å². The third kappa shape index (κ3) is 3.10. The van der Waals surface area contributed by atoms with Gasteiger partial charge >= 0.3 is 5.97 Å². The van der Waals surface area contributed by atoms with Gasteiger partial charge in [0.1, 0.15) is 0 Å². The van der Waals surface area contributed by atoms with Gasteiger partial charge in [0.2, 0.25) is 5.91 Å². The number of likely N-dealkylation sites (tertiary alicyclic amines) is 1. The molecular formula is C15H25NO3. The molecule has 0 N–H and O–H groups in total. The van der Waals surface area contributed by atoms with Crippen molar-refractivity contribution in [3.8, 4) is 0 Å². The Morgan fingerprint density at radius 2 is 1.84 bits per heavy atom. The van der Waals surface area contributed by atoms with Crippen molar-refractivity contribution < 1.29 is 14.3 Å². The summed E-state index contributed by atoms with van der Waals surface area (Å²) in [6.45, 7) is 3.43. The molecule has 1 saturated heterocycles. The highest BCUT2D eigenvalue weighted by Gasteiger charge is 2.39. The molecule has 0 bridgehead atoms. The first-order valence-corrected chi connectivity index (χ1v) is 7.44. The Hall–Kier alpha value is -1.06. The molecule has 0 radical (unpaired) electrons. The van der Waals surface area contributed by atoms with Gasteiger partial charge in [-0.3, -0.25) is 9.59 Å². The van der Waals surface area contributed by atoms with Gasteiger partial charge in [0, 0.05) is 18.5 Å². The lowest BCUT2D eigenvalue weighted by Gasteiger charge is -2.40. The molecule has 0 aromatic rings. The largest absolute Gasteiger partial charge is 0.469 e. The third-order valence-corrected chi connectivity index (χ3v) is 4.72. The Bertz CT molecular complexity index is 347. The van der Waals surface area contributed by atoms with E-state index in [1.54, 1.807) is 0 Å². The van der Waals surface area contributed by atoms with Crippen LogP contribution in [0.5, 0.6) is 0 Å². The van der Waals surface area contributed by atoms with Crippen LogP contribution in [0.2, 0.25) is 0 Å². The van der Waals surface area contributed by atoms with Gasteiger partial charge in [0.15, 0.2) is 0 Å². The minimum atomic E-state index is -0.198. The van der Waals surface area contributed by atoms with Crippen molar-refractivity contribution >= 4 is 11.9 Å². The number of hydrogen-bond acceptors (Lipinski definition) is 3. The number of carbonyl (C=O) groups excluding carboxylic acids is 2. The van der Waals surface area contributed by atoms with Crippen molar-refractivity contribution in [3.05, 3.63) is 0 Å². The lowest BCUT2D eigenvalue weighted by molar-refractivity contribution is -0.152. The van der Waals surface area contributed by atoms with Crippen LogP contribution < -0.4 is 0 Å². The van der Waals surface area contributed by atoms with Gasteiger partial charge in [-0.15, -0.1) is 0 Å². The number of rotatable bonds is 2. The zero-order chi connectivity index (χ0) is 13.9. The van der Waals surface area contributed by atoms with Crippen LogP contribution in [0.15, 0.2) is 0 Å². The number of ether oxygens (including phenoxy) is 1. The molecule has 0 aromatic heterocycles. The Labute approximate surface area is 115 Å². The third-order valence-electron chi connectivity index (χ3n) is 4.72. The van der Waals surface area contributed by atoms with Crippen LogP contribution in [-0.2, 0) is 14.3 Å². The van der Waals surface area contributed by atoms with Crippen LogP contribution in [0.1, 0.15) is 51.9 Å². The number of esters is 1. The summed E-state index contributed by atoms with van der Waals surface area (Å²) in [4.78, 5) is 26.2. The second kappa shape index (κ2) is 5.93. The van der Waals surface area contributed by atoms with E-state index in [4.69, 9.17) is 4.74 Å². The minimum absolute atomic E-state index is 0.130. The summed E-state index contributed by atoms with van der Waals surface area (Å²) in [7, 11) is 1.42. The van der Waals surface area contributed by atoms with E-state index in [1.807, 2.05) is 4.90 Å². The van der Waals surface area contributed by atoms with E-state index < -0.39 is 0 Å². The fourth-order valence-electron chi connectivity index (χ4n) is 3.45. The molecule has 4 nitrogen and oxygen atoms in total. The molecule has 4 heteroatoms. The Kier molecular flexibility index (Phi) is 4.48. The maximum atomic E-state index is 12.7. The molecule has 2 fully saturated rings. The van der Waals surface area contributed by atoms with E-state index >= 15 is 0 Å². The van der Waals surface area contributed by atoms with Crippen LogP contribution in [0, 0.1) is 11.3 Å². The summed E-state index contributed by atoms with van der Waals surface area (Å²) in [5.74, 6) is -0.0537. The molecule has 1 heterocycles. The Morgan fingerprint density at radius 3 is 2.47 bits per heavy atom. The average molecular weight is 267 g/mol. The summed E-state index contributed by atoms with van der Waals surface area (Å²) in [5, 5.41) is 0. The first-order valence-electron chi connectivity index (χ1n) is 7.44. The summed E-state index contributed by atoms with van der Waals surface area (Å²) in [5.41, 5.74) is -0.198. The quantitative estimate of drug-likeness (QED) is 0.722. The SMILES string of the molecule is COC(=O)[C@H]1CCCN(C(=O)C2(C)CCCCC2)C1. The number of methoxy groups -OCH3 is 1. The second-order valence-electron chi connectivity index (χ2n) is 6.23. The normalized spacial score (nSPS) is 26.8. The molecule has 19 heavy (non-hydrogen) atoms. The molecule has 2 rings (SSSR count). The maximum Gasteiger partial charge on any atom is 0.310 e. The number of hydrogen-bond donors (Lipinski definition) is 0. The lowest BCUT2D eigenvalue weighted by Crippen LogP contribution is -2.49. The van der Waals surface area contributed by atoms with E-state index in [0.29, 0.717) is 6.54 Å². The topological polar surface area (TPSA) is 46.6 Å². The van der Waals surface area contributed by atoms with Crippen molar-refractivity contribution in [2.24, 2.45) is 11.3 Å². The van der Waals surface area contributed by atoms with Crippen LogP contribution >= 0.6 is 0 Å². The fraction of sp³-hybridized carbons (Fsp3) is 0.867. The summed E-state index contributed by atoms with van der Waals surface area (Å²) in [6, 6.07) is 0. The predicted molar refractivity (Wildman–Crippen MR) is 72.5 cm³/mol. The van der Waals surface area contributed by atoms with E-state index in [-0.39, 0.29) is 23.2 Å².